The van der Waals surface area contributed by atoms with Crippen molar-refractivity contribution in [1.82, 2.24) is 10.2 Å². The average Bonchev–Trinajstić information content (AvgIpc) is 2.50. The molecule has 0 spiro atoms. The van der Waals surface area contributed by atoms with Gasteiger partial charge in [-0.3, -0.25) is 0 Å². The van der Waals surface area contributed by atoms with Crippen molar-refractivity contribution in [2.45, 2.75) is 45.6 Å². The first-order valence-electron chi connectivity index (χ1n) is 8.60. The van der Waals surface area contributed by atoms with Gasteiger partial charge < -0.3 is 15.1 Å². The number of hydrogen-bond donors (Lipinski definition) is 1. The molecule has 1 heterocycles. The summed E-state index contributed by atoms with van der Waals surface area (Å²) < 4.78 is 0. The summed E-state index contributed by atoms with van der Waals surface area (Å²) >= 11 is 0. The van der Waals surface area contributed by atoms with Crippen LogP contribution in [-0.2, 0) is 0 Å². The van der Waals surface area contributed by atoms with E-state index in [1.165, 1.54) is 24.9 Å². The maximum Gasteiger partial charge on any atom is 0.317 e. The van der Waals surface area contributed by atoms with Crippen molar-refractivity contribution < 1.29 is 4.79 Å². The van der Waals surface area contributed by atoms with Crippen LogP contribution < -0.4 is 10.2 Å². The molecule has 1 aromatic carbocycles. The number of hydrogen-bond acceptors (Lipinski definition) is 2. The molecule has 0 unspecified atom stereocenters. The zero-order valence-electron chi connectivity index (χ0n) is 13.9. The molecule has 1 aliphatic heterocycles. The van der Waals surface area contributed by atoms with E-state index in [1.807, 2.05) is 11.0 Å². The number of nitrogens with one attached hydrogen (secondary N) is 1. The van der Waals surface area contributed by atoms with Crippen LogP contribution in [0.5, 0.6) is 0 Å². The number of likely N-dealkylation sites (N-methyl/N-ethyl adjacent to an activating group) is 1. The highest BCUT2D eigenvalue weighted by molar-refractivity contribution is 5.75. The standard InChI is InChI=1S/C18H29N3O/c1-3-5-6-10-13-19-18(22)20-14-17(15-20)21(4-2)16-11-8-7-9-12-16/h7-9,11-12,17H,3-6,10,13-15H2,1-2H3,(H,19,22). The van der Waals surface area contributed by atoms with E-state index in [4.69, 9.17) is 0 Å². The van der Waals surface area contributed by atoms with Gasteiger partial charge in [-0.05, 0) is 25.5 Å². The molecule has 4 heteroatoms. The van der Waals surface area contributed by atoms with Crippen molar-refractivity contribution >= 4 is 11.7 Å². The zero-order valence-corrected chi connectivity index (χ0v) is 13.9. The quantitative estimate of drug-likeness (QED) is 0.746. The first-order chi connectivity index (χ1) is 10.8. The van der Waals surface area contributed by atoms with Gasteiger partial charge in [-0.25, -0.2) is 4.79 Å². The van der Waals surface area contributed by atoms with Crippen molar-refractivity contribution in [3.63, 3.8) is 0 Å². The molecule has 0 bridgehead atoms. The highest BCUT2D eigenvalue weighted by Crippen LogP contribution is 2.22. The van der Waals surface area contributed by atoms with E-state index in [0.29, 0.717) is 6.04 Å². The van der Waals surface area contributed by atoms with Gasteiger partial charge in [0.05, 0.1) is 6.04 Å². The molecule has 2 amide bonds. The molecule has 2 rings (SSSR count). The molecule has 0 saturated carbocycles. The molecule has 122 valence electrons. The van der Waals surface area contributed by atoms with Gasteiger partial charge in [-0.15, -0.1) is 0 Å². The van der Waals surface area contributed by atoms with Crippen LogP contribution in [0.2, 0.25) is 0 Å². The van der Waals surface area contributed by atoms with Crippen LogP contribution in [0.4, 0.5) is 10.5 Å². The Hall–Kier alpha value is -1.71. The second-order valence-corrected chi connectivity index (χ2v) is 5.97. The lowest BCUT2D eigenvalue weighted by Crippen LogP contribution is -2.63. The van der Waals surface area contributed by atoms with Crippen LogP contribution in [0.3, 0.4) is 0 Å². The number of likely N-dealkylation sites (tertiary alicyclic amines) is 1. The molecule has 0 radical (unpaired) electrons. The molecule has 1 saturated heterocycles. The van der Waals surface area contributed by atoms with Crippen molar-refractivity contribution in [3.05, 3.63) is 30.3 Å². The SMILES string of the molecule is CCCCCCNC(=O)N1CC(N(CC)c2ccccc2)C1. The minimum absolute atomic E-state index is 0.0943. The van der Waals surface area contributed by atoms with E-state index in [-0.39, 0.29) is 6.03 Å². The molecule has 0 atom stereocenters. The molecule has 1 fully saturated rings. The van der Waals surface area contributed by atoms with Gasteiger partial charge >= 0.3 is 6.03 Å². The highest BCUT2D eigenvalue weighted by atomic mass is 16.2. The lowest BCUT2D eigenvalue weighted by atomic mass is 10.1. The van der Waals surface area contributed by atoms with Crippen LogP contribution >= 0.6 is 0 Å². The molecule has 22 heavy (non-hydrogen) atoms. The molecule has 1 N–H and O–H groups in total. The monoisotopic (exact) mass is 303 g/mol. The molecular formula is C18H29N3O. The van der Waals surface area contributed by atoms with Crippen LogP contribution in [0.15, 0.2) is 30.3 Å². The van der Waals surface area contributed by atoms with E-state index >= 15 is 0 Å². The number of nitrogens with zero attached hydrogens (tertiary/aromatic N) is 2. The number of unbranched alkanes of at least 4 members (excludes halogenated alkanes) is 3. The fraction of sp³-hybridized carbons (Fsp3) is 0.611. The minimum atomic E-state index is 0.0943. The number of urea groups is 1. The number of carbonyl (C=O) groups excluding carboxylic acids is 1. The number of benzene rings is 1. The van der Waals surface area contributed by atoms with Gasteiger partial charge in [0.25, 0.3) is 0 Å². The first kappa shape index (κ1) is 16.7. The number of carbonyl (C=O) groups is 1. The zero-order chi connectivity index (χ0) is 15.8. The van der Waals surface area contributed by atoms with Gasteiger partial charge in [0.15, 0.2) is 0 Å². The minimum Gasteiger partial charge on any atom is -0.365 e. The van der Waals surface area contributed by atoms with Crippen LogP contribution in [0.25, 0.3) is 0 Å². The predicted molar refractivity (Wildman–Crippen MR) is 92.4 cm³/mol. The van der Waals surface area contributed by atoms with Crippen molar-refractivity contribution in [2.24, 2.45) is 0 Å². The number of rotatable bonds is 8. The third-order valence-electron chi connectivity index (χ3n) is 4.33. The van der Waals surface area contributed by atoms with Crippen LogP contribution in [0.1, 0.15) is 39.5 Å². The Morgan fingerprint density at radius 1 is 1.18 bits per heavy atom. The third-order valence-corrected chi connectivity index (χ3v) is 4.33. The average molecular weight is 303 g/mol. The predicted octanol–water partition coefficient (Wildman–Crippen LogP) is 3.49. The summed E-state index contributed by atoms with van der Waals surface area (Å²) in [6.45, 7) is 7.79. The number of amides is 2. The summed E-state index contributed by atoms with van der Waals surface area (Å²) in [6, 6.07) is 11.0. The van der Waals surface area contributed by atoms with E-state index in [9.17, 15) is 4.79 Å². The summed E-state index contributed by atoms with van der Waals surface area (Å²) in [5.74, 6) is 0. The van der Waals surface area contributed by atoms with Gasteiger partial charge in [0.1, 0.15) is 0 Å². The van der Waals surface area contributed by atoms with E-state index in [2.05, 4.69) is 48.3 Å². The van der Waals surface area contributed by atoms with E-state index in [0.717, 1.165) is 32.6 Å². The Labute approximate surface area is 134 Å². The van der Waals surface area contributed by atoms with Gasteiger partial charge in [-0.2, -0.15) is 0 Å². The van der Waals surface area contributed by atoms with Crippen LogP contribution in [0, 0.1) is 0 Å². The topological polar surface area (TPSA) is 35.6 Å². The lowest BCUT2D eigenvalue weighted by Gasteiger charge is -2.46. The normalized spacial score (nSPS) is 14.5. The third kappa shape index (κ3) is 4.39. The lowest BCUT2D eigenvalue weighted by molar-refractivity contribution is 0.149. The molecular weight excluding hydrogens is 274 g/mol. The maximum absolute atomic E-state index is 12.0. The fourth-order valence-electron chi connectivity index (χ4n) is 2.95. The molecule has 1 aliphatic rings. The summed E-state index contributed by atoms with van der Waals surface area (Å²) in [7, 11) is 0. The van der Waals surface area contributed by atoms with Gasteiger partial charge in [-0.1, -0.05) is 44.4 Å². The maximum atomic E-state index is 12.0. The summed E-state index contributed by atoms with van der Waals surface area (Å²) in [6.07, 6.45) is 4.78. The molecule has 1 aromatic rings. The number of para-hydroxylation sites is 1. The second-order valence-electron chi connectivity index (χ2n) is 5.97. The summed E-state index contributed by atoms with van der Waals surface area (Å²) in [5, 5.41) is 3.03. The summed E-state index contributed by atoms with van der Waals surface area (Å²) in [4.78, 5) is 16.3. The first-order valence-corrected chi connectivity index (χ1v) is 8.60. The Morgan fingerprint density at radius 3 is 2.55 bits per heavy atom. The Morgan fingerprint density at radius 2 is 1.91 bits per heavy atom. The Bertz CT molecular complexity index is 443. The van der Waals surface area contributed by atoms with E-state index < -0.39 is 0 Å². The fourth-order valence-corrected chi connectivity index (χ4v) is 2.95. The van der Waals surface area contributed by atoms with Crippen molar-refractivity contribution in [1.29, 1.82) is 0 Å². The number of anilines is 1. The van der Waals surface area contributed by atoms with Crippen molar-refractivity contribution in [2.75, 3.05) is 31.1 Å². The highest BCUT2D eigenvalue weighted by Gasteiger charge is 2.34. The summed E-state index contributed by atoms with van der Waals surface area (Å²) in [5.41, 5.74) is 1.25. The Kier molecular flexibility index (Phi) is 6.56. The largest absolute Gasteiger partial charge is 0.365 e. The van der Waals surface area contributed by atoms with Crippen molar-refractivity contribution in [3.8, 4) is 0 Å². The molecule has 0 aromatic heterocycles. The second kappa shape index (κ2) is 8.66. The van der Waals surface area contributed by atoms with E-state index in [1.54, 1.807) is 0 Å². The molecule has 4 nitrogen and oxygen atoms in total. The smallest absolute Gasteiger partial charge is 0.317 e. The Balaban J connectivity index is 1.71. The molecule has 0 aliphatic carbocycles. The van der Waals surface area contributed by atoms with Gasteiger partial charge in [0, 0.05) is 31.9 Å². The van der Waals surface area contributed by atoms with Crippen LogP contribution in [-0.4, -0.2) is 43.2 Å². The van der Waals surface area contributed by atoms with Gasteiger partial charge in [0.2, 0.25) is 0 Å².